The lowest BCUT2D eigenvalue weighted by molar-refractivity contribution is -0.361. The largest absolute Gasteiger partial charge is 0.506 e. The normalized spacial score (nSPS) is 34.9. The highest BCUT2D eigenvalue weighted by atomic mass is 16.7. The van der Waals surface area contributed by atoms with E-state index in [9.17, 15) is 40.2 Å². The van der Waals surface area contributed by atoms with Gasteiger partial charge in [0.1, 0.15) is 35.4 Å². The monoisotopic (exact) mass is 572 g/mol. The van der Waals surface area contributed by atoms with Gasteiger partial charge in [-0.25, -0.2) is 4.79 Å². The lowest BCUT2D eigenvalue weighted by atomic mass is 9.58. The number of ketones is 1. The number of carboxylic acid groups (broad SMARTS) is 1. The maximum absolute atomic E-state index is 12.3. The van der Waals surface area contributed by atoms with Crippen molar-refractivity contribution in [3.8, 4) is 11.5 Å². The molecule has 0 unspecified atom stereocenters. The number of carbonyl (C=O) groups is 2. The smallest absolute Gasteiger partial charge is 0.335 e. The average molecular weight is 573 g/mol. The van der Waals surface area contributed by atoms with Crippen molar-refractivity contribution in [1.82, 2.24) is 0 Å². The summed E-state index contributed by atoms with van der Waals surface area (Å²) in [7, 11) is 0. The number of hydrogen-bond donors (Lipinski definition) is 6. The van der Waals surface area contributed by atoms with Crippen LogP contribution in [0.25, 0.3) is 10.8 Å². The second-order valence-electron chi connectivity index (χ2n) is 12.7. The molecular weight excluding hydrogens is 532 g/mol. The van der Waals surface area contributed by atoms with E-state index in [0.29, 0.717) is 24.3 Å². The Bertz CT molecular complexity index is 1370. The molecule has 6 N–H and O–H groups in total. The van der Waals surface area contributed by atoms with E-state index >= 15 is 0 Å². The van der Waals surface area contributed by atoms with E-state index < -0.39 is 53.3 Å². The number of aromatic hydroxyl groups is 1. The van der Waals surface area contributed by atoms with Crippen molar-refractivity contribution in [2.75, 3.05) is 0 Å². The molecule has 8 atom stereocenters. The summed E-state index contributed by atoms with van der Waals surface area (Å²) in [6, 6.07) is 4.03. The molecule has 41 heavy (non-hydrogen) atoms. The molecule has 2 aliphatic carbocycles. The first-order valence-corrected chi connectivity index (χ1v) is 14.4. The molecular formula is C31H40O10. The van der Waals surface area contributed by atoms with Gasteiger partial charge in [0.15, 0.2) is 5.78 Å². The van der Waals surface area contributed by atoms with Gasteiger partial charge in [0, 0.05) is 0 Å². The lowest BCUT2D eigenvalue weighted by Gasteiger charge is -2.59. The molecule has 10 heteroatoms. The fourth-order valence-electron chi connectivity index (χ4n) is 7.64. The zero-order valence-corrected chi connectivity index (χ0v) is 23.8. The lowest BCUT2D eigenvalue weighted by Crippen LogP contribution is -2.76. The maximum Gasteiger partial charge on any atom is 0.335 e. The third kappa shape index (κ3) is 4.79. The van der Waals surface area contributed by atoms with Gasteiger partial charge in [0.25, 0.3) is 0 Å². The molecule has 5 rings (SSSR count). The van der Waals surface area contributed by atoms with Gasteiger partial charge in [-0.15, -0.1) is 0 Å². The number of hydrogen-bond acceptors (Lipinski definition) is 9. The number of phenolic OH excluding ortho intramolecular Hbond substituents is 1. The number of aliphatic hydroxyl groups is 4. The molecule has 2 aromatic carbocycles. The number of Topliss-reactive ketones (excluding diaryl/α,β-unsaturated/α-hetero) is 1. The Morgan fingerprint density at radius 2 is 1.85 bits per heavy atom. The zero-order valence-electron chi connectivity index (χ0n) is 23.8. The summed E-state index contributed by atoms with van der Waals surface area (Å²) >= 11 is 0. The average Bonchev–Trinajstić information content (AvgIpc) is 3.28. The predicted molar refractivity (Wildman–Crippen MR) is 148 cm³/mol. The first-order chi connectivity index (χ1) is 19.2. The van der Waals surface area contributed by atoms with Crippen LogP contribution in [-0.2, 0) is 4.74 Å². The van der Waals surface area contributed by atoms with Gasteiger partial charge < -0.3 is 40.1 Å². The van der Waals surface area contributed by atoms with Crippen LogP contribution < -0.4 is 4.74 Å². The highest BCUT2D eigenvalue weighted by Crippen LogP contribution is 2.57. The minimum atomic E-state index is -1.94. The van der Waals surface area contributed by atoms with Crippen molar-refractivity contribution in [2.45, 2.75) is 102 Å². The number of carboxylic acids is 1. The van der Waals surface area contributed by atoms with Crippen LogP contribution in [0.15, 0.2) is 18.2 Å². The van der Waals surface area contributed by atoms with E-state index in [1.54, 1.807) is 13.0 Å². The topological polar surface area (TPSA) is 174 Å². The van der Waals surface area contributed by atoms with E-state index in [2.05, 4.69) is 13.8 Å². The third-order valence-corrected chi connectivity index (χ3v) is 9.52. The molecule has 0 amide bonds. The molecule has 3 aliphatic rings. The van der Waals surface area contributed by atoms with E-state index in [1.807, 2.05) is 0 Å². The molecule has 2 saturated carbocycles. The molecule has 1 aliphatic heterocycles. The van der Waals surface area contributed by atoms with E-state index in [-0.39, 0.29) is 45.9 Å². The summed E-state index contributed by atoms with van der Waals surface area (Å²) < 4.78 is 12.1. The summed E-state index contributed by atoms with van der Waals surface area (Å²) in [5.74, 6) is -2.11. The Morgan fingerprint density at radius 3 is 2.49 bits per heavy atom. The summed E-state index contributed by atoms with van der Waals surface area (Å²) in [6.45, 7) is 7.12. The van der Waals surface area contributed by atoms with Crippen LogP contribution in [0, 0.1) is 24.7 Å². The Morgan fingerprint density at radius 1 is 1.15 bits per heavy atom. The van der Waals surface area contributed by atoms with E-state index in [0.717, 1.165) is 25.3 Å². The maximum atomic E-state index is 12.3. The van der Waals surface area contributed by atoms with E-state index in [1.165, 1.54) is 13.0 Å². The summed E-state index contributed by atoms with van der Waals surface area (Å²) in [5, 5.41) is 67.4. The van der Waals surface area contributed by atoms with Gasteiger partial charge in [-0.2, -0.15) is 0 Å². The van der Waals surface area contributed by atoms with Gasteiger partial charge in [-0.3, -0.25) is 4.79 Å². The number of phenols is 1. The first-order valence-electron chi connectivity index (χ1n) is 14.4. The van der Waals surface area contributed by atoms with Crippen molar-refractivity contribution < 1.29 is 49.7 Å². The summed E-state index contributed by atoms with van der Waals surface area (Å²) in [4.78, 5) is 24.2. The number of carbonyl (C=O) groups excluding carboxylic acids is 1. The van der Waals surface area contributed by atoms with Crippen molar-refractivity contribution in [3.05, 3.63) is 34.9 Å². The molecule has 0 spiro atoms. The number of fused-ring (bicyclic) bond motifs is 4. The highest BCUT2D eigenvalue weighted by Gasteiger charge is 2.69. The number of benzene rings is 2. The third-order valence-electron chi connectivity index (χ3n) is 9.52. The predicted octanol–water partition coefficient (Wildman–Crippen LogP) is 3.30. The molecule has 1 heterocycles. The number of aliphatic hydroxyl groups excluding tert-OH is 2. The summed E-state index contributed by atoms with van der Waals surface area (Å²) in [6.07, 6.45) is -2.82. The van der Waals surface area contributed by atoms with Crippen LogP contribution in [-0.4, -0.2) is 78.2 Å². The minimum Gasteiger partial charge on any atom is -0.506 e. The van der Waals surface area contributed by atoms with Crippen molar-refractivity contribution in [1.29, 1.82) is 0 Å². The van der Waals surface area contributed by atoms with Crippen LogP contribution in [0.1, 0.15) is 85.6 Å². The van der Waals surface area contributed by atoms with Gasteiger partial charge in [-0.1, -0.05) is 32.8 Å². The Hall–Kier alpha value is -2.76. The number of aryl methyl sites for hydroxylation is 1. The van der Waals surface area contributed by atoms with Crippen LogP contribution in [0.2, 0.25) is 0 Å². The van der Waals surface area contributed by atoms with Gasteiger partial charge in [0.2, 0.25) is 6.29 Å². The van der Waals surface area contributed by atoms with Crippen LogP contribution in [0.3, 0.4) is 0 Å². The molecule has 224 valence electrons. The Kier molecular flexibility index (Phi) is 7.61. The van der Waals surface area contributed by atoms with Crippen molar-refractivity contribution in [3.63, 3.8) is 0 Å². The van der Waals surface area contributed by atoms with Crippen LogP contribution in [0.4, 0.5) is 0 Å². The standard InChI is InChI=1S/C31H40O10/c1-14(2)7-8-17-13-31(39)26(35)25(34)28(41-29(31)30(38)9-5-6-20(17)30)40-21-12-19(27(36)37)11-18-10-15(3)22(16(4)32)24(33)23(18)21/h10-12,14,17,20,25-26,28-29,33-35,38-39H,5-9,13H2,1-4H3,(H,36,37)/t17-,20+,25-,26-,28-,29-,30+,31+/m1/s1. The van der Waals surface area contributed by atoms with Crippen LogP contribution >= 0.6 is 0 Å². The SMILES string of the molecule is CC(=O)c1c(C)cc2cc(C(=O)O)cc(O[C@@H]3O[C@H]4[C@](O)(C[C@@H](CCC(C)C)[C@@H]5CCC[C@@]45O)[C@H](O)[C@H]3O)c2c1O. The molecule has 2 aromatic rings. The minimum absolute atomic E-state index is 0.0340. The molecule has 0 radical (unpaired) electrons. The van der Waals surface area contributed by atoms with Crippen molar-refractivity contribution >= 4 is 22.5 Å². The molecule has 0 aromatic heterocycles. The Labute approximate surface area is 238 Å². The number of rotatable bonds is 7. The van der Waals surface area contributed by atoms with E-state index in [4.69, 9.17) is 9.47 Å². The Balaban J connectivity index is 1.56. The fraction of sp³-hybridized carbons (Fsp3) is 0.613. The van der Waals surface area contributed by atoms with Gasteiger partial charge in [0.05, 0.1) is 22.1 Å². The number of ether oxygens (including phenoxy) is 2. The van der Waals surface area contributed by atoms with Crippen LogP contribution in [0.5, 0.6) is 11.5 Å². The molecule has 10 nitrogen and oxygen atoms in total. The molecule has 3 fully saturated rings. The second kappa shape index (κ2) is 10.5. The molecule has 0 bridgehead atoms. The quantitative estimate of drug-likeness (QED) is 0.270. The van der Waals surface area contributed by atoms with Gasteiger partial charge >= 0.3 is 5.97 Å². The van der Waals surface area contributed by atoms with Gasteiger partial charge in [-0.05, 0) is 80.4 Å². The zero-order chi connectivity index (χ0) is 30.0. The fourth-order valence-corrected chi connectivity index (χ4v) is 7.64. The second-order valence-corrected chi connectivity index (χ2v) is 12.7. The summed E-state index contributed by atoms with van der Waals surface area (Å²) in [5.41, 5.74) is -3.11. The molecule has 1 saturated heterocycles. The number of aromatic carboxylic acids is 1. The van der Waals surface area contributed by atoms with Crippen molar-refractivity contribution in [2.24, 2.45) is 17.8 Å². The first kappa shape index (κ1) is 29.7. The highest BCUT2D eigenvalue weighted by molar-refractivity contribution is 6.08.